The Labute approximate surface area is 111 Å². The predicted molar refractivity (Wildman–Crippen MR) is 56.1 cm³/mol. The van der Waals surface area contributed by atoms with E-state index in [1.54, 1.807) is 0 Å². The van der Waals surface area contributed by atoms with E-state index in [0.717, 1.165) is 12.2 Å². The molecule has 0 spiro atoms. The van der Waals surface area contributed by atoms with Gasteiger partial charge in [-0.3, -0.25) is 9.59 Å². The largest absolute Gasteiger partial charge is 2.00 e. The van der Waals surface area contributed by atoms with E-state index in [1.165, 1.54) is 27.7 Å². The van der Waals surface area contributed by atoms with Gasteiger partial charge in [-0.1, -0.05) is 13.8 Å². The molecule has 0 aromatic heterocycles. The molecule has 0 aliphatic heterocycles. The second kappa shape index (κ2) is 17.2. The smallest absolute Gasteiger partial charge is 0.876 e. The fraction of sp³-hybridized carbons (Fsp3) is 0.400. The molecular formula is C10H18NiO6. The second-order valence-corrected chi connectivity index (χ2v) is 2.73. The van der Waals surface area contributed by atoms with Crippen LogP contribution in [0.1, 0.15) is 27.7 Å². The zero-order valence-corrected chi connectivity index (χ0v) is 11.1. The summed E-state index contributed by atoms with van der Waals surface area (Å²) in [5, 5.41) is 20.0. The maximum atomic E-state index is 9.98. The molecule has 17 heavy (non-hydrogen) atoms. The monoisotopic (exact) mass is 292 g/mol. The Hall–Kier alpha value is -1.17. The molecule has 0 fully saturated rings. The van der Waals surface area contributed by atoms with Crippen molar-refractivity contribution in [2.24, 2.45) is 0 Å². The Kier molecular flexibility index (Phi) is 30.1. The van der Waals surface area contributed by atoms with Crippen LogP contribution in [0.4, 0.5) is 0 Å². The molecule has 7 heteroatoms. The van der Waals surface area contributed by atoms with Crippen molar-refractivity contribution in [1.29, 1.82) is 0 Å². The molecule has 0 amide bonds. The minimum absolute atomic E-state index is 0. The molecule has 0 rings (SSSR count). The number of ketones is 2. The zero-order valence-electron chi connectivity index (χ0n) is 10.1. The summed E-state index contributed by atoms with van der Waals surface area (Å²) in [4.78, 5) is 20.0. The third kappa shape index (κ3) is 52.3. The van der Waals surface area contributed by atoms with Crippen LogP contribution in [0.5, 0.6) is 0 Å². The summed E-state index contributed by atoms with van der Waals surface area (Å²) in [6.45, 7) is 5.39. The zero-order chi connectivity index (χ0) is 11.7. The van der Waals surface area contributed by atoms with E-state index < -0.39 is 0 Å². The van der Waals surface area contributed by atoms with Gasteiger partial charge in [-0.2, -0.15) is 0 Å². The maximum Gasteiger partial charge on any atom is 2.00 e. The minimum atomic E-state index is -0.187. The summed E-state index contributed by atoms with van der Waals surface area (Å²) in [5.74, 6) is -0.750. The quantitative estimate of drug-likeness (QED) is 0.330. The molecule has 0 aromatic carbocycles. The molecule has 104 valence electrons. The van der Waals surface area contributed by atoms with Crippen LogP contribution < -0.4 is 10.2 Å². The number of hydrogen-bond acceptors (Lipinski definition) is 4. The first kappa shape index (κ1) is 29.7. The van der Waals surface area contributed by atoms with E-state index in [-0.39, 0.29) is 50.5 Å². The number of allylic oxidation sites excluding steroid dienone is 4. The Morgan fingerprint density at radius 3 is 0.941 bits per heavy atom. The molecule has 6 nitrogen and oxygen atoms in total. The van der Waals surface area contributed by atoms with Gasteiger partial charge >= 0.3 is 16.5 Å². The van der Waals surface area contributed by atoms with Gasteiger partial charge in [-0.25, -0.2) is 0 Å². The van der Waals surface area contributed by atoms with E-state index in [2.05, 4.69) is 0 Å². The third-order valence-electron chi connectivity index (χ3n) is 0.813. The van der Waals surface area contributed by atoms with Gasteiger partial charge in [0.05, 0.1) is 0 Å². The summed E-state index contributed by atoms with van der Waals surface area (Å²) < 4.78 is 0. The molecule has 0 atom stereocenters. The van der Waals surface area contributed by atoms with Crippen molar-refractivity contribution >= 4 is 11.6 Å². The van der Waals surface area contributed by atoms with Gasteiger partial charge < -0.3 is 21.2 Å². The Balaban J connectivity index is -0.0000000480. The van der Waals surface area contributed by atoms with Crippen LogP contribution in [0.2, 0.25) is 0 Å². The molecule has 4 N–H and O–H groups in total. The van der Waals surface area contributed by atoms with Gasteiger partial charge in [0.2, 0.25) is 0 Å². The fourth-order valence-corrected chi connectivity index (χ4v) is 0.572. The van der Waals surface area contributed by atoms with Crippen molar-refractivity contribution in [3.8, 4) is 0 Å². The average molecular weight is 293 g/mol. The first-order chi connectivity index (χ1) is 6.25. The molecule has 0 aliphatic rings. The Morgan fingerprint density at radius 2 is 0.941 bits per heavy atom. The molecular weight excluding hydrogens is 275 g/mol. The van der Waals surface area contributed by atoms with Gasteiger partial charge in [0.25, 0.3) is 0 Å². The van der Waals surface area contributed by atoms with Crippen LogP contribution in [-0.2, 0) is 26.1 Å². The van der Waals surface area contributed by atoms with E-state index in [1.807, 2.05) is 0 Å². The third-order valence-corrected chi connectivity index (χ3v) is 0.813. The van der Waals surface area contributed by atoms with E-state index >= 15 is 0 Å². The van der Waals surface area contributed by atoms with Crippen LogP contribution in [0.3, 0.4) is 0 Å². The van der Waals surface area contributed by atoms with Gasteiger partial charge in [0, 0.05) is 0 Å². The topological polar surface area (TPSA) is 143 Å². The first-order valence-electron chi connectivity index (χ1n) is 3.97. The predicted octanol–water partition coefficient (Wildman–Crippen LogP) is -1.97. The summed E-state index contributed by atoms with van der Waals surface area (Å²) in [6, 6.07) is 0. The SMILES string of the molecule is CC(=O)C=C(C)[O-].CC(=O)C=C(C)[O-].O.O.[Ni+2]. The number of carbonyl (C=O) groups is 2. The summed E-state index contributed by atoms with van der Waals surface area (Å²) >= 11 is 0. The number of hydrogen-bond donors (Lipinski definition) is 0. The van der Waals surface area contributed by atoms with Crippen LogP contribution in [0, 0.1) is 0 Å². The standard InChI is InChI=1S/2C5H8O2.Ni.2H2O/c2*1-4(6)3-5(2)7;;;/h2*3,6H,1-2H3;;2*1H2/q;;+2;;/p-2. The van der Waals surface area contributed by atoms with Crippen molar-refractivity contribution in [2.45, 2.75) is 27.7 Å². The first-order valence-corrected chi connectivity index (χ1v) is 3.97. The molecule has 0 saturated carbocycles. The van der Waals surface area contributed by atoms with Crippen LogP contribution in [-0.4, -0.2) is 22.5 Å². The van der Waals surface area contributed by atoms with Gasteiger partial charge in [0.1, 0.15) is 0 Å². The van der Waals surface area contributed by atoms with Crippen molar-refractivity contribution in [2.75, 3.05) is 0 Å². The van der Waals surface area contributed by atoms with E-state index in [9.17, 15) is 19.8 Å². The molecule has 0 aromatic rings. The molecule has 0 saturated heterocycles. The number of carbonyl (C=O) groups excluding carboxylic acids is 2. The molecule has 0 bridgehead atoms. The molecule has 0 radical (unpaired) electrons. The number of rotatable bonds is 2. The molecule has 0 heterocycles. The Bertz CT molecular complexity index is 234. The normalized spacial score (nSPS) is 9.41. The van der Waals surface area contributed by atoms with E-state index in [0.29, 0.717) is 0 Å². The van der Waals surface area contributed by atoms with Crippen LogP contribution >= 0.6 is 0 Å². The van der Waals surface area contributed by atoms with Crippen LogP contribution in [0.25, 0.3) is 0 Å². The van der Waals surface area contributed by atoms with Crippen molar-refractivity contribution < 1.29 is 47.2 Å². The minimum Gasteiger partial charge on any atom is -0.876 e. The van der Waals surface area contributed by atoms with Gasteiger partial charge in [-0.05, 0) is 26.0 Å². The molecule has 0 aliphatic carbocycles. The second-order valence-electron chi connectivity index (χ2n) is 2.73. The van der Waals surface area contributed by atoms with Gasteiger partial charge in [-0.15, -0.1) is 11.5 Å². The fourth-order valence-electron chi connectivity index (χ4n) is 0.572. The summed E-state index contributed by atoms with van der Waals surface area (Å²) in [5.41, 5.74) is 0. The van der Waals surface area contributed by atoms with Crippen LogP contribution in [0.15, 0.2) is 23.7 Å². The summed E-state index contributed by atoms with van der Waals surface area (Å²) in [7, 11) is 0. The summed E-state index contributed by atoms with van der Waals surface area (Å²) in [6.07, 6.45) is 2.11. The van der Waals surface area contributed by atoms with E-state index in [4.69, 9.17) is 0 Å². The van der Waals surface area contributed by atoms with Gasteiger partial charge in [0.15, 0.2) is 11.6 Å². The average Bonchev–Trinajstić information content (AvgIpc) is 1.79. The Morgan fingerprint density at radius 1 is 0.765 bits per heavy atom. The maximum absolute atomic E-state index is 9.98. The van der Waals surface area contributed by atoms with Crippen molar-refractivity contribution in [3.05, 3.63) is 23.7 Å². The van der Waals surface area contributed by atoms with Crippen molar-refractivity contribution in [3.63, 3.8) is 0 Å². The molecule has 0 unspecified atom stereocenters. The van der Waals surface area contributed by atoms with Crippen molar-refractivity contribution in [1.82, 2.24) is 0 Å².